The summed E-state index contributed by atoms with van der Waals surface area (Å²) >= 11 is 4.00. The summed E-state index contributed by atoms with van der Waals surface area (Å²) in [6.07, 6.45) is 1.77. The number of nitrogens with zero attached hydrogens (tertiary/aromatic N) is 5. The molecule has 3 aromatic rings. The van der Waals surface area contributed by atoms with Crippen molar-refractivity contribution < 1.29 is 14.1 Å². The van der Waals surface area contributed by atoms with Crippen molar-refractivity contribution in [1.82, 2.24) is 15.4 Å². The molecule has 0 fully saturated rings. The molecule has 0 aromatic carbocycles. The maximum absolute atomic E-state index is 13.2. The summed E-state index contributed by atoms with van der Waals surface area (Å²) in [5, 5.41) is 27.4. The first-order chi connectivity index (χ1) is 17.4. The van der Waals surface area contributed by atoms with Gasteiger partial charge in [-0.15, -0.1) is 21.5 Å². The average molecular weight is 540 g/mol. The first-order valence-corrected chi connectivity index (χ1v) is 13.7. The van der Waals surface area contributed by atoms with Gasteiger partial charge in [-0.2, -0.15) is 5.26 Å². The number of nitrogens with two attached hydrogens (primary N) is 1. The molecule has 3 N–H and O–H groups in total. The zero-order valence-corrected chi connectivity index (χ0v) is 21.9. The van der Waals surface area contributed by atoms with Crippen LogP contribution in [0.3, 0.4) is 0 Å². The van der Waals surface area contributed by atoms with Gasteiger partial charge in [0.15, 0.2) is 15.9 Å². The van der Waals surface area contributed by atoms with Crippen LogP contribution in [0.2, 0.25) is 0 Å². The average Bonchev–Trinajstić information content (AvgIpc) is 3.59. The smallest absolute Gasteiger partial charge is 0.236 e. The van der Waals surface area contributed by atoms with E-state index in [1.54, 1.807) is 17.9 Å². The van der Waals surface area contributed by atoms with E-state index in [0.29, 0.717) is 51.5 Å². The van der Waals surface area contributed by atoms with E-state index < -0.39 is 5.92 Å². The maximum Gasteiger partial charge on any atom is 0.236 e. The van der Waals surface area contributed by atoms with Gasteiger partial charge >= 0.3 is 0 Å². The van der Waals surface area contributed by atoms with Gasteiger partial charge in [-0.3, -0.25) is 14.5 Å². The highest BCUT2D eigenvalue weighted by Gasteiger charge is 2.42. The van der Waals surface area contributed by atoms with Crippen molar-refractivity contribution >= 4 is 57.1 Å². The highest BCUT2D eigenvalue weighted by Crippen LogP contribution is 2.48. The molecule has 0 saturated heterocycles. The highest BCUT2D eigenvalue weighted by molar-refractivity contribution is 8.01. The second-order valence-corrected chi connectivity index (χ2v) is 11.4. The zero-order chi connectivity index (χ0) is 25.4. The third-order valence-corrected chi connectivity index (χ3v) is 9.01. The van der Waals surface area contributed by atoms with E-state index in [9.17, 15) is 14.9 Å². The number of rotatable bonds is 6. The Morgan fingerprint density at radius 2 is 2.22 bits per heavy atom. The van der Waals surface area contributed by atoms with Crippen LogP contribution in [0.5, 0.6) is 0 Å². The van der Waals surface area contributed by atoms with Crippen LogP contribution in [-0.4, -0.2) is 32.8 Å². The molecule has 1 aliphatic carbocycles. The van der Waals surface area contributed by atoms with E-state index in [4.69, 9.17) is 10.3 Å². The molecule has 3 aromatic heterocycles. The van der Waals surface area contributed by atoms with Crippen LogP contribution in [-0.2, 0) is 9.59 Å². The Labute approximate surface area is 218 Å². The SMILES string of the molecule is Cc1cc(NC(=O)CSc2nnc(N3C(N)=C(C#N)C(c4sccc4C)C4=C3CCCC4=O)s2)no1. The minimum Gasteiger partial charge on any atom is -0.384 e. The molecular formula is C23H21N7O3S3. The summed E-state index contributed by atoms with van der Waals surface area (Å²) in [5.41, 5.74) is 9.32. The molecule has 5 rings (SSSR count). The zero-order valence-electron chi connectivity index (χ0n) is 19.4. The summed E-state index contributed by atoms with van der Waals surface area (Å²) in [6.45, 7) is 3.72. The number of amides is 1. The van der Waals surface area contributed by atoms with Gasteiger partial charge in [-0.1, -0.05) is 28.3 Å². The molecule has 10 nitrogen and oxygen atoms in total. The molecule has 1 atom stereocenters. The molecule has 1 amide bonds. The number of aryl methyl sites for hydroxylation is 2. The summed E-state index contributed by atoms with van der Waals surface area (Å²) in [4.78, 5) is 28.1. The second-order valence-electron chi connectivity index (χ2n) is 8.29. The predicted molar refractivity (Wildman–Crippen MR) is 137 cm³/mol. The van der Waals surface area contributed by atoms with Crippen molar-refractivity contribution in [1.29, 1.82) is 5.26 Å². The number of anilines is 2. The van der Waals surface area contributed by atoms with Gasteiger partial charge in [0.2, 0.25) is 11.0 Å². The summed E-state index contributed by atoms with van der Waals surface area (Å²) in [7, 11) is 0. The van der Waals surface area contributed by atoms with Crippen LogP contribution < -0.4 is 16.0 Å². The van der Waals surface area contributed by atoms with Gasteiger partial charge < -0.3 is 15.6 Å². The summed E-state index contributed by atoms with van der Waals surface area (Å²) in [5.74, 6) is 0.603. The first kappa shape index (κ1) is 24.2. The van der Waals surface area contributed by atoms with Gasteiger partial charge in [0.1, 0.15) is 11.6 Å². The molecule has 0 radical (unpaired) electrons. The Morgan fingerprint density at radius 3 is 2.92 bits per heavy atom. The fourth-order valence-corrected chi connectivity index (χ4v) is 7.06. The first-order valence-electron chi connectivity index (χ1n) is 11.1. The van der Waals surface area contributed by atoms with E-state index in [1.807, 2.05) is 18.4 Å². The number of carbonyl (C=O) groups is 2. The number of nitriles is 1. The van der Waals surface area contributed by atoms with Crippen LogP contribution >= 0.6 is 34.4 Å². The Bertz CT molecular complexity index is 1460. The van der Waals surface area contributed by atoms with E-state index >= 15 is 0 Å². The number of thioether (sulfide) groups is 1. The highest BCUT2D eigenvalue weighted by atomic mass is 32.2. The van der Waals surface area contributed by atoms with Crippen molar-refractivity contribution in [3.8, 4) is 6.07 Å². The van der Waals surface area contributed by atoms with E-state index in [-0.39, 0.29) is 23.3 Å². The number of allylic oxidation sites excluding steroid dienone is 3. The molecule has 0 bridgehead atoms. The number of ketones is 1. The second kappa shape index (κ2) is 9.88. The van der Waals surface area contributed by atoms with Gasteiger partial charge in [0, 0.05) is 28.6 Å². The Kier molecular flexibility index (Phi) is 6.65. The molecule has 0 spiro atoms. The van der Waals surface area contributed by atoms with Crippen LogP contribution in [0.4, 0.5) is 10.9 Å². The number of carbonyl (C=O) groups excluding carboxylic acids is 2. The maximum atomic E-state index is 13.2. The van der Waals surface area contributed by atoms with Crippen LogP contribution in [0.15, 0.2) is 49.0 Å². The molecule has 4 heterocycles. The summed E-state index contributed by atoms with van der Waals surface area (Å²) in [6, 6.07) is 5.88. The van der Waals surface area contributed by atoms with Gasteiger partial charge in [0.25, 0.3) is 0 Å². The molecule has 0 saturated carbocycles. The van der Waals surface area contributed by atoms with Crippen LogP contribution in [0, 0.1) is 25.2 Å². The molecular weight excluding hydrogens is 519 g/mol. The van der Waals surface area contributed by atoms with Crippen molar-refractivity contribution in [3.63, 3.8) is 0 Å². The normalized spacial score (nSPS) is 17.9. The number of aromatic nitrogens is 3. The molecule has 2 aliphatic rings. The van der Waals surface area contributed by atoms with Crippen molar-refractivity contribution in [2.45, 2.75) is 43.4 Å². The number of hydrogen-bond acceptors (Lipinski definition) is 12. The molecule has 1 unspecified atom stereocenters. The fourth-order valence-electron chi connectivity index (χ4n) is 4.33. The van der Waals surface area contributed by atoms with E-state index in [2.05, 4.69) is 26.7 Å². The van der Waals surface area contributed by atoms with E-state index in [1.165, 1.54) is 34.4 Å². The van der Waals surface area contributed by atoms with Gasteiger partial charge in [0.05, 0.1) is 23.3 Å². The third-order valence-electron chi connectivity index (χ3n) is 5.89. The Balaban J connectivity index is 1.43. The summed E-state index contributed by atoms with van der Waals surface area (Å²) < 4.78 is 5.51. The quantitative estimate of drug-likeness (QED) is 0.435. The van der Waals surface area contributed by atoms with Crippen molar-refractivity contribution in [3.05, 3.63) is 56.4 Å². The predicted octanol–water partition coefficient (Wildman–Crippen LogP) is 4.24. The minimum absolute atomic E-state index is 0.0261. The molecule has 13 heteroatoms. The molecule has 184 valence electrons. The largest absolute Gasteiger partial charge is 0.384 e. The topological polar surface area (TPSA) is 151 Å². The number of nitrogens with one attached hydrogen (secondary N) is 1. The number of thiophene rings is 1. The van der Waals surface area contributed by atoms with Crippen molar-refractivity contribution in [2.24, 2.45) is 5.73 Å². The standard InChI is InChI=1S/C23H21N7O3S3/c1-11-6-7-34-20(11)18-13(9-24)21(25)30(14-4-3-5-15(31)19(14)18)22-27-28-23(36-22)35-10-17(32)26-16-8-12(2)33-29-16/h6-8,18H,3-5,10,25H2,1-2H3,(H,26,29,32). The van der Waals surface area contributed by atoms with E-state index in [0.717, 1.165) is 16.1 Å². The minimum atomic E-state index is -0.473. The Morgan fingerprint density at radius 1 is 1.39 bits per heavy atom. The number of Topliss-reactive ketones (excluding diaryl/α,β-unsaturated/α-hetero) is 1. The molecule has 1 aliphatic heterocycles. The fraction of sp³-hybridized carbons (Fsp3) is 0.304. The Hall–Kier alpha value is -3.47. The lowest BCUT2D eigenvalue weighted by atomic mass is 9.78. The van der Waals surface area contributed by atoms with Crippen molar-refractivity contribution in [2.75, 3.05) is 16.0 Å². The van der Waals surface area contributed by atoms with Crippen LogP contribution in [0.1, 0.15) is 41.4 Å². The van der Waals surface area contributed by atoms with Gasteiger partial charge in [-0.05, 0) is 43.7 Å². The lowest BCUT2D eigenvalue weighted by Gasteiger charge is -2.37. The number of hydrogen-bond donors (Lipinski definition) is 2. The molecule has 36 heavy (non-hydrogen) atoms. The lowest BCUT2D eigenvalue weighted by molar-refractivity contribution is -0.116. The third kappa shape index (κ3) is 4.43. The van der Waals surface area contributed by atoms with Crippen LogP contribution in [0.25, 0.3) is 0 Å². The van der Waals surface area contributed by atoms with Gasteiger partial charge in [-0.25, -0.2) is 0 Å². The monoisotopic (exact) mass is 539 g/mol. The lowest BCUT2D eigenvalue weighted by Crippen LogP contribution is -2.38.